The monoisotopic (exact) mass is 367 g/mol. The van der Waals surface area contributed by atoms with Crippen molar-refractivity contribution in [2.24, 2.45) is 0 Å². The molecule has 0 saturated carbocycles. The minimum Gasteiger partial charge on any atom is -0.497 e. The summed E-state index contributed by atoms with van der Waals surface area (Å²) in [6, 6.07) is 11.1. The van der Waals surface area contributed by atoms with Gasteiger partial charge in [-0.25, -0.2) is 4.79 Å². The Bertz CT molecular complexity index is 849. The summed E-state index contributed by atoms with van der Waals surface area (Å²) >= 11 is 0. The average Bonchev–Trinajstić information content (AvgIpc) is 3.12. The molecule has 3 aromatic rings. The second-order valence-electron chi connectivity index (χ2n) is 4.69. The zero-order valence-electron chi connectivity index (χ0n) is 13.3. The molecule has 0 aliphatic rings. The summed E-state index contributed by atoms with van der Waals surface area (Å²) in [6.07, 6.45) is -1.70. The van der Waals surface area contributed by atoms with Gasteiger partial charge in [-0.3, -0.25) is 4.98 Å². The maximum absolute atomic E-state index is 10.6. The van der Waals surface area contributed by atoms with Gasteiger partial charge < -0.3 is 14.3 Å². The van der Waals surface area contributed by atoms with Crippen LogP contribution in [0.5, 0.6) is 5.75 Å². The molecule has 3 rings (SSSR count). The summed E-state index contributed by atoms with van der Waals surface area (Å²) in [5.74, 6) is -1.04. The second kappa shape index (κ2) is 8.10. The van der Waals surface area contributed by atoms with E-state index >= 15 is 0 Å². The van der Waals surface area contributed by atoms with Crippen molar-refractivity contribution in [3.05, 3.63) is 48.8 Å². The summed E-state index contributed by atoms with van der Waals surface area (Å²) in [4.78, 5) is 12.9. The molecule has 0 unspecified atom stereocenters. The molecule has 0 aliphatic heterocycles. The van der Waals surface area contributed by atoms with Crippen LogP contribution in [-0.4, -0.2) is 39.5 Å². The predicted octanol–water partition coefficient (Wildman–Crippen LogP) is 3.44. The Morgan fingerprint density at radius 2 is 1.65 bits per heavy atom. The summed E-state index contributed by atoms with van der Waals surface area (Å²) in [6.45, 7) is 0. The number of aliphatic carboxylic acids is 1. The van der Waals surface area contributed by atoms with Gasteiger partial charge in [0.25, 0.3) is 0 Å². The first-order valence-corrected chi connectivity index (χ1v) is 6.99. The number of nitrogens with zero attached hydrogens (tertiary/aromatic N) is 3. The number of carboxylic acid groups (broad SMARTS) is 1. The average molecular weight is 367 g/mol. The summed E-state index contributed by atoms with van der Waals surface area (Å²) in [7, 11) is 1.63. The van der Waals surface area contributed by atoms with Gasteiger partial charge >= 0.3 is 12.1 Å². The molecule has 26 heavy (non-hydrogen) atoms. The zero-order chi connectivity index (χ0) is 19.2. The minimum atomic E-state index is -5.08. The number of hydrogen-bond acceptors (Lipinski definition) is 6. The van der Waals surface area contributed by atoms with Gasteiger partial charge in [-0.2, -0.15) is 13.2 Å². The fourth-order valence-corrected chi connectivity index (χ4v) is 1.68. The van der Waals surface area contributed by atoms with Crippen LogP contribution in [0.2, 0.25) is 0 Å². The Balaban J connectivity index is 0.000000298. The van der Waals surface area contributed by atoms with Crippen molar-refractivity contribution in [3.63, 3.8) is 0 Å². The Labute approximate surface area is 145 Å². The number of alkyl halides is 3. The van der Waals surface area contributed by atoms with Gasteiger partial charge in [0.2, 0.25) is 11.8 Å². The molecule has 7 nitrogen and oxygen atoms in total. The van der Waals surface area contributed by atoms with Crippen molar-refractivity contribution in [1.82, 2.24) is 15.2 Å². The van der Waals surface area contributed by atoms with Crippen LogP contribution in [0.25, 0.3) is 22.9 Å². The molecule has 0 amide bonds. The van der Waals surface area contributed by atoms with E-state index in [1.165, 1.54) is 0 Å². The molecule has 0 saturated heterocycles. The number of benzene rings is 1. The third-order valence-corrected chi connectivity index (χ3v) is 2.91. The number of aromatic nitrogens is 3. The highest BCUT2D eigenvalue weighted by molar-refractivity contribution is 5.73. The van der Waals surface area contributed by atoms with E-state index in [1.54, 1.807) is 19.5 Å². The highest BCUT2D eigenvalue weighted by Gasteiger charge is 2.38. The molecular weight excluding hydrogens is 355 g/mol. The quantitative estimate of drug-likeness (QED) is 0.757. The largest absolute Gasteiger partial charge is 0.497 e. The molecule has 0 atom stereocenters. The number of rotatable bonds is 3. The van der Waals surface area contributed by atoms with Crippen LogP contribution in [0, 0.1) is 0 Å². The number of pyridine rings is 1. The molecular formula is C16H12F3N3O4. The van der Waals surface area contributed by atoms with E-state index in [-0.39, 0.29) is 0 Å². The van der Waals surface area contributed by atoms with E-state index in [9.17, 15) is 13.2 Å². The fourth-order valence-electron chi connectivity index (χ4n) is 1.68. The molecule has 136 valence electrons. The number of halogens is 3. The summed E-state index contributed by atoms with van der Waals surface area (Å²) in [5.41, 5.74) is 1.65. The Morgan fingerprint density at radius 1 is 1.08 bits per heavy atom. The first kappa shape index (κ1) is 18.9. The highest BCUT2D eigenvalue weighted by Crippen LogP contribution is 2.24. The molecule has 0 spiro atoms. The molecule has 2 heterocycles. The zero-order valence-corrected chi connectivity index (χ0v) is 13.3. The van der Waals surface area contributed by atoms with Crippen molar-refractivity contribution in [1.29, 1.82) is 0 Å². The van der Waals surface area contributed by atoms with E-state index in [2.05, 4.69) is 15.2 Å². The molecule has 10 heteroatoms. The van der Waals surface area contributed by atoms with Crippen molar-refractivity contribution >= 4 is 5.97 Å². The van der Waals surface area contributed by atoms with Gasteiger partial charge in [-0.05, 0) is 36.4 Å². The number of methoxy groups -OCH3 is 1. The van der Waals surface area contributed by atoms with Crippen LogP contribution < -0.4 is 4.74 Å². The van der Waals surface area contributed by atoms with Crippen LogP contribution in [0.15, 0.2) is 53.2 Å². The summed E-state index contributed by atoms with van der Waals surface area (Å²) < 4.78 is 42.5. The Morgan fingerprint density at radius 3 is 2.12 bits per heavy atom. The Kier molecular flexibility index (Phi) is 5.89. The lowest BCUT2D eigenvalue weighted by Crippen LogP contribution is -2.21. The standard InChI is InChI=1S/C14H11N3O2.C2HF3O2/c1-18-12-6-4-10(5-7-12)13-16-17-14(19-13)11-3-2-8-15-9-11;3-2(4,5)1(6)7/h2-9H,1H3;(H,6,7). The number of carbonyl (C=O) groups is 1. The lowest BCUT2D eigenvalue weighted by molar-refractivity contribution is -0.192. The molecule has 0 aliphatic carbocycles. The lowest BCUT2D eigenvalue weighted by atomic mass is 10.2. The van der Waals surface area contributed by atoms with E-state index in [1.807, 2.05) is 36.4 Å². The molecule has 2 aromatic heterocycles. The number of carboxylic acids is 1. The molecule has 1 aromatic carbocycles. The van der Waals surface area contributed by atoms with Gasteiger partial charge in [-0.15, -0.1) is 10.2 Å². The lowest BCUT2D eigenvalue weighted by Gasteiger charge is -1.99. The van der Waals surface area contributed by atoms with Crippen LogP contribution in [-0.2, 0) is 4.79 Å². The first-order chi connectivity index (χ1) is 12.3. The van der Waals surface area contributed by atoms with Crippen LogP contribution >= 0.6 is 0 Å². The minimum absolute atomic E-state index is 0.457. The predicted molar refractivity (Wildman–Crippen MR) is 83.2 cm³/mol. The maximum atomic E-state index is 10.6. The first-order valence-electron chi connectivity index (χ1n) is 6.99. The Hall–Kier alpha value is -3.43. The van der Waals surface area contributed by atoms with Gasteiger partial charge in [0.1, 0.15) is 5.75 Å². The van der Waals surface area contributed by atoms with E-state index in [0.717, 1.165) is 16.9 Å². The SMILES string of the molecule is COc1ccc(-c2nnc(-c3cccnc3)o2)cc1.O=C(O)C(F)(F)F. The topological polar surface area (TPSA) is 98.3 Å². The van der Waals surface area contributed by atoms with E-state index in [0.29, 0.717) is 11.8 Å². The maximum Gasteiger partial charge on any atom is 0.490 e. The van der Waals surface area contributed by atoms with Crippen LogP contribution in [0.1, 0.15) is 0 Å². The fraction of sp³-hybridized carbons (Fsp3) is 0.125. The van der Waals surface area contributed by atoms with Crippen molar-refractivity contribution in [2.75, 3.05) is 7.11 Å². The van der Waals surface area contributed by atoms with Crippen molar-refractivity contribution < 1.29 is 32.2 Å². The smallest absolute Gasteiger partial charge is 0.490 e. The van der Waals surface area contributed by atoms with Crippen LogP contribution in [0.4, 0.5) is 13.2 Å². The number of hydrogen-bond donors (Lipinski definition) is 1. The van der Waals surface area contributed by atoms with Gasteiger partial charge in [0.05, 0.1) is 12.7 Å². The normalized spacial score (nSPS) is 10.6. The molecule has 0 fully saturated rings. The molecule has 0 radical (unpaired) electrons. The van der Waals surface area contributed by atoms with Gasteiger partial charge in [0, 0.05) is 18.0 Å². The second-order valence-corrected chi connectivity index (χ2v) is 4.69. The highest BCUT2D eigenvalue weighted by atomic mass is 19.4. The van der Waals surface area contributed by atoms with Crippen molar-refractivity contribution in [3.8, 4) is 28.7 Å². The van der Waals surface area contributed by atoms with Gasteiger partial charge in [0.15, 0.2) is 0 Å². The molecule has 0 bridgehead atoms. The molecule has 1 N–H and O–H groups in total. The van der Waals surface area contributed by atoms with Crippen molar-refractivity contribution in [2.45, 2.75) is 6.18 Å². The van der Waals surface area contributed by atoms with Gasteiger partial charge in [-0.1, -0.05) is 0 Å². The van der Waals surface area contributed by atoms with E-state index in [4.69, 9.17) is 19.1 Å². The van der Waals surface area contributed by atoms with E-state index < -0.39 is 12.1 Å². The summed E-state index contributed by atoms with van der Waals surface area (Å²) in [5, 5.41) is 15.2. The van der Waals surface area contributed by atoms with Crippen LogP contribution in [0.3, 0.4) is 0 Å². The number of ether oxygens (including phenoxy) is 1. The third-order valence-electron chi connectivity index (χ3n) is 2.91. The third kappa shape index (κ3) is 5.03.